The highest BCUT2D eigenvalue weighted by Crippen LogP contribution is 2.23. The molecule has 0 unspecified atom stereocenters. The number of nitrogens with two attached hydrogens (primary N) is 1. The van der Waals surface area contributed by atoms with Crippen LogP contribution in [0.5, 0.6) is 5.75 Å². The molecule has 4 nitrogen and oxygen atoms in total. The number of rotatable bonds is 3. The van der Waals surface area contributed by atoms with Crippen molar-refractivity contribution >= 4 is 17.6 Å². The smallest absolute Gasteiger partial charge is 0.325 e. The molecule has 0 saturated heterocycles. The normalized spacial score (nSPS) is 12.2. The van der Waals surface area contributed by atoms with Crippen molar-refractivity contribution < 1.29 is 14.6 Å². The van der Waals surface area contributed by atoms with Crippen LogP contribution in [-0.2, 0) is 4.79 Å². The van der Waals surface area contributed by atoms with Gasteiger partial charge in [-0.05, 0) is 23.8 Å². The second-order valence-electron chi connectivity index (χ2n) is 2.74. The van der Waals surface area contributed by atoms with Crippen LogP contribution in [0.4, 0.5) is 0 Å². The Labute approximate surface area is 86.2 Å². The number of ether oxygens (including phenoxy) is 1. The van der Waals surface area contributed by atoms with Gasteiger partial charge in [-0.3, -0.25) is 4.79 Å². The van der Waals surface area contributed by atoms with Gasteiger partial charge >= 0.3 is 5.97 Å². The van der Waals surface area contributed by atoms with Gasteiger partial charge in [-0.1, -0.05) is 11.6 Å². The summed E-state index contributed by atoms with van der Waals surface area (Å²) in [7, 11) is 1.47. The lowest BCUT2D eigenvalue weighted by Gasteiger charge is -2.09. The van der Waals surface area contributed by atoms with Crippen LogP contribution in [0.3, 0.4) is 0 Å². The molecular weight excluding hydrogens is 206 g/mol. The zero-order chi connectivity index (χ0) is 10.7. The van der Waals surface area contributed by atoms with E-state index in [1.54, 1.807) is 12.1 Å². The van der Waals surface area contributed by atoms with Crippen molar-refractivity contribution in [2.45, 2.75) is 6.04 Å². The maximum Gasteiger partial charge on any atom is 0.325 e. The fourth-order valence-corrected chi connectivity index (χ4v) is 1.26. The maximum absolute atomic E-state index is 10.6. The Hall–Kier alpha value is -1.26. The van der Waals surface area contributed by atoms with Gasteiger partial charge in [0, 0.05) is 5.02 Å². The summed E-state index contributed by atoms with van der Waals surface area (Å²) in [5, 5.41) is 9.08. The highest BCUT2D eigenvalue weighted by molar-refractivity contribution is 6.30. The summed E-state index contributed by atoms with van der Waals surface area (Å²) in [6.45, 7) is 0. The van der Waals surface area contributed by atoms with Gasteiger partial charge in [-0.25, -0.2) is 0 Å². The first-order valence-corrected chi connectivity index (χ1v) is 4.25. The van der Waals surface area contributed by atoms with Crippen molar-refractivity contribution in [2.75, 3.05) is 7.11 Å². The number of carboxylic acid groups (broad SMARTS) is 1. The quantitative estimate of drug-likeness (QED) is 0.800. The molecule has 0 heterocycles. The topological polar surface area (TPSA) is 72.5 Å². The fraction of sp³-hybridized carbons (Fsp3) is 0.222. The number of benzene rings is 1. The van der Waals surface area contributed by atoms with Crippen LogP contribution in [0.15, 0.2) is 18.2 Å². The molecule has 0 aliphatic heterocycles. The van der Waals surface area contributed by atoms with Crippen molar-refractivity contribution in [3.63, 3.8) is 0 Å². The molecule has 3 N–H and O–H groups in total. The lowest BCUT2D eigenvalue weighted by Crippen LogP contribution is -2.20. The molecule has 1 atom stereocenters. The Bertz CT molecular complexity index is 354. The molecule has 0 amide bonds. The van der Waals surface area contributed by atoms with Crippen LogP contribution in [0, 0.1) is 0 Å². The third-order valence-electron chi connectivity index (χ3n) is 1.75. The number of carbonyl (C=O) groups is 1. The fourth-order valence-electron chi connectivity index (χ4n) is 1.02. The number of aliphatic carboxylic acids is 1. The number of carboxylic acids is 1. The third kappa shape index (κ3) is 2.37. The number of hydrogen-bond donors (Lipinski definition) is 2. The summed E-state index contributed by atoms with van der Waals surface area (Å²) >= 11 is 5.75. The largest absolute Gasteiger partial charge is 0.497 e. The summed E-state index contributed by atoms with van der Waals surface area (Å²) in [6, 6.07) is 3.55. The van der Waals surface area contributed by atoms with E-state index in [0.29, 0.717) is 16.3 Å². The van der Waals surface area contributed by atoms with E-state index in [-0.39, 0.29) is 0 Å². The molecule has 1 aromatic carbocycles. The molecular formula is C9H10ClNO3. The summed E-state index contributed by atoms with van der Waals surface area (Å²) in [5.74, 6) is -0.612. The zero-order valence-corrected chi connectivity index (χ0v) is 8.28. The van der Waals surface area contributed by atoms with E-state index in [0.717, 1.165) is 0 Å². The molecule has 1 aromatic rings. The summed E-state index contributed by atoms with van der Waals surface area (Å²) < 4.78 is 4.93. The molecule has 0 aromatic heterocycles. The maximum atomic E-state index is 10.6. The van der Waals surface area contributed by atoms with Crippen LogP contribution in [0.1, 0.15) is 11.6 Å². The van der Waals surface area contributed by atoms with E-state index < -0.39 is 12.0 Å². The highest BCUT2D eigenvalue weighted by atomic mass is 35.5. The monoisotopic (exact) mass is 215 g/mol. The highest BCUT2D eigenvalue weighted by Gasteiger charge is 2.15. The van der Waals surface area contributed by atoms with Crippen LogP contribution < -0.4 is 10.5 Å². The molecule has 5 heteroatoms. The Morgan fingerprint density at radius 3 is 2.71 bits per heavy atom. The van der Waals surface area contributed by atoms with Gasteiger partial charge in [0.2, 0.25) is 0 Å². The van der Waals surface area contributed by atoms with E-state index in [9.17, 15) is 4.79 Å². The average molecular weight is 216 g/mol. The molecule has 1 rings (SSSR count). The molecule has 14 heavy (non-hydrogen) atoms. The Balaban J connectivity index is 3.08. The molecule has 0 saturated carbocycles. The van der Waals surface area contributed by atoms with E-state index in [1.807, 2.05) is 0 Å². The minimum atomic E-state index is -1.10. The van der Waals surface area contributed by atoms with Crippen molar-refractivity contribution in [1.82, 2.24) is 0 Å². The Morgan fingerprint density at radius 2 is 2.21 bits per heavy atom. The Morgan fingerprint density at radius 1 is 1.57 bits per heavy atom. The van der Waals surface area contributed by atoms with Crippen molar-refractivity contribution in [1.29, 1.82) is 0 Å². The van der Waals surface area contributed by atoms with E-state index in [4.69, 9.17) is 27.2 Å². The first kappa shape index (κ1) is 10.8. The minimum absolute atomic E-state index is 0.399. The second kappa shape index (κ2) is 4.30. The molecule has 0 aliphatic rings. The van der Waals surface area contributed by atoms with Gasteiger partial charge in [-0.15, -0.1) is 0 Å². The van der Waals surface area contributed by atoms with E-state index in [1.165, 1.54) is 13.2 Å². The van der Waals surface area contributed by atoms with Crippen molar-refractivity contribution in [3.05, 3.63) is 28.8 Å². The predicted octanol–water partition coefficient (Wildman–Crippen LogP) is 1.43. The van der Waals surface area contributed by atoms with Crippen LogP contribution in [0.2, 0.25) is 5.02 Å². The van der Waals surface area contributed by atoms with Crippen molar-refractivity contribution in [2.24, 2.45) is 5.73 Å². The van der Waals surface area contributed by atoms with Gasteiger partial charge in [0.15, 0.2) is 0 Å². The van der Waals surface area contributed by atoms with Gasteiger partial charge in [0.1, 0.15) is 11.8 Å². The zero-order valence-electron chi connectivity index (χ0n) is 7.53. The van der Waals surface area contributed by atoms with Crippen LogP contribution >= 0.6 is 11.6 Å². The first-order valence-electron chi connectivity index (χ1n) is 3.87. The second-order valence-corrected chi connectivity index (χ2v) is 3.18. The van der Waals surface area contributed by atoms with Gasteiger partial charge in [-0.2, -0.15) is 0 Å². The van der Waals surface area contributed by atoms with Crippen LogP contribution in [-0.4, -0.2) is 18.2 Å². The molecule has 0 spiro atoms. The third-order valence-corrected chi connectivity index (χ3v) is 1.97. The average Bonchev–Trinajstić information content (AvgIpc) is 2.15. The number of hydrogen-bond acceptors (Lipinski definition) is 3. The standard InChI is InChI=1S/C9H10ClNO3/c1-14-7-3-5(2-6(10)4-7)8(11)9(12)13/h2-4,8H,11H2,1H3,(H,12,13)/t8-/m0/s1. The molecule has 0 radical (unpaired) electrons. The predicted molar refractivity (Wildman–Crippen MR) is 52.6 cm³/mol. The lowest BCUT2D eigenvalue weighted by molar-refractivity contribution is -0.138. The molecule has 76 valence electrons. The first-order chi connectivity index (χ1) is 6.54. The summed E-state index contributed by atoms with van der Waals surface area (Å²) in [6.07, 6.45) is 0. The SMILES string of the molecule is COc1cc(Cl)cc([C@H](N)C(=O)O)c1. The Kier molecular flexibility index (Phi) is 3.33. The van der Waals surface area contributed by atoms with Gasteiger partial charge < -0.3 is 15.6 Å². The number of halogens is 1. The number of methoxy groups -OCH3 is 1. The molecule has 0 bridgehead atoms. The molecule has 0 aliphatic carbocycles. The van der Waals surface area contributed by atoms with Crippen LogP contribution in [0.25, 0.3) is 0 Å². The molecule has 0 fully saturated rings. The van der Waals surface area contributed by atoms with E-state index in [2.05, 4.69) is 0 Å². The summed E-state index contributed by atoms with van der Waals surface area (Å²) in [4.78, 5) is 10.6. The summed E-state index contributed by atoms with van der Waals surface area (Å²) in [5.41, 5.74) is 5.83. The van der Waals surface area contributed by atoms with E-state index >= 15 is 0 Å². The lowest BCUT2D eigenvalue weighted by atomic mass is 10.1. The van der Waals surface area contributed by atoms with Gasteiger partial charge in [0.05, 0.1) is 7.11 Å². The van der Waals surface area contributed by atoms with Gasteiger partial charge in [0.25, 0.3) is 0 Å². The van der Waals surface area contributed by atoms with Crippen molar-refractivity contribution in [3.8, 4) is 5.75 Å². The minimum Gasteiger partial charge on any atom is -0.497 e.